The van der Waals surface area contributed by atoms with Crippen LogP contribution in [0.3, 0.4) is 0 Å². The van der Waals surface area contributed by atoms with Gasteiger partial charge >= 0.3 is 19.8 Å². The lowest BCUT2D eigenvalue weighted by atomic mass is 10.0. The van der Waals surface area contributed by atoms with E-state index in [1.165, 1.54) is 238 Å². The van der Waals surface area contributed by atoms with Gasteiger partial charge in [0.25, 0.3) is 0 Å². The molecule has 0 rings (SSSR count). The van der Waals surface area contributed by atoms with Gasteiger partial charge in [0, 0.05) is 12.8 Å². The van der Waals surface area contributed by atoms with Crippen LogP contribution in [-0.2, 0) is 32.7 Å². The Kier molecular flexibility index (Phi) is 50.7. The molecule has 0 aromatic heterocycles. The Morgan fingerprint density at radius 3 is 1.12 bits per heavy atom. The van der Waals surface area contributed by atoms with Crippen LogP contribution in [0.5, 0.6) is 0 Å². The van der Waals surface area contributed by atoms with Crippen molar-refractivity contribution in [2.24, 2.45) is 0 Å². The summed E-state index contributed by atoms with van der Waals surface area (Å²) in [5, 5.41) is 0. The number of quaternary nitrogens is 1. The first-order chi connectivity index (χ1) is 33.5. The lowest BCUT2D eigenvalue weighted by molar-refractivity contribution is -0.870. The Morgan fingerprint density at radius 2 is 0.754 bits per heavy atom. The van der Waals surface area contributed by atoms with Gasteiger partial charge in [-0.25, -0.2) is 4.57 Å². The second-order valence-corrected chi connectivity index (χ2v) is 23.2. The number of hydrogen-bond donors (Lipinski definition) is 1. The first-order valence-electron chi connectivity index (χ1n) is 29.9. The van der Waals surface area contributed by atoms with Crippen LogP contribution in [0.1, 0.15) is 303 Å². The van der Waals surface area contributed by atoms with Gasteiger partial charge in [0.2, 0.25) is 0 Å². The predicted octanol–water partition coefficient (Wildman–Crippen LogP) is 18.4. The average molecular weight is 1000 g/mol. The Hall–Kier alpha value is -1.25. The highest BCUT2D eigenvalue weighted by molar-refractivity contribution is 7.47. The first kappa shape index (κ1) is 67.8. The van der Waals surface area contributed by atoms with E-state index in [1.54, 1.807) is 0 Å². The zero-order valence-corrected chi connectivity index (χ0v) is 47.5. The molecular formula is C59H117NO8P+. The molecule has 1 N–H and O–H groups in total. The van der Waals surface area contributed by atoms with E-state index in [-0.39, 0.29) is 32.0 Å². The fraction of sp³-hybridized carbons (Fsp3) is 0.932. The van der Waals surface area contributed by atoms with Gasteiger partial charge in [-0.05, 0) is 32.1 Å². The molecule has 0 fully saturated rings. The van der Waals surface area contributed by atoms with Crippen molar-refractivity contribution in [3.63, 3.8) is 0 Å². The van der Waals surface area contributed by atoms with Gasteiger partial charge < -0.3 is 18.9 Å². The molecule has 1 unspecified atom stereocenters. The van der Waals surface area contributed by atoms with E-state index in [9.17, 15) is 19.0 Å². The van der Waals surface area contributed by atoms with Gasteiger partial charge in [-0.1, -0.05) is 270 Å². The Bertz CT molecular complexity index is 1180. The van der Waals surface area contributed by atoms with Crippen molar-refractivity contribution in [3.05, 3.63) is 12.2 Å². The third kappa shape index (κ3) is 55.9. The molecule has 0 heterocycles. The number of hydrogen-bond acceptors (Lipinski definition) is 7. The van der Waals surface area contributed by atoms with Gasteiger partial charge in [0.05, 0.1) is 27.7 Å². The SMILES string of the molecule is CCCCCCCCCCCCCCCCCCCC/C=C/CCCC(=O)OC[C@H](COP(=O)(O)OCC[N+](C)(C)C)OC(=O)CCCCCCCCCCCCCCCCCCCCCCCC. The summed E-state index contributed by atoms with van der Waals surface area (Å²) < 4.78 is 34.6. The Balaban J connectivity index is 4.13. The molecule has 0 bridgehead atoms. The zero-order chi connectivity index (χ0) is 50.6. The van der Waals surface area contributed by atoms with Gasteiger partial charge in [-0.15, -0.1) is 0 Å². The molecule has 0 spiro atoms. The third-order valence-electron chi connectivity index (χ3n) is 13.5. The molecule has 0 aliphatic rings. The fourth-order valence-corrected chi connectivity index (χ4v) is 9.65. The minimum Gasteiger partial charge on any atom is -0.462 e. The number of nitrogens with zero attached hydrogens (tertiary/aromatic N) is 1. The molecule has 0 amide bonds. The highest BCUT2D eigenvalue weighted by atomic mass is 31.2. The lowest BCUT2D eigenvalue weighted by Gasteiger charge is -2.24. The number of unbranched alkanes of at least 4 members (excludes halogenated alkanes) is 40. The van der Waals surface area contributed by atoms with Crippen molar-refractivity contribution in [1.82, 2.24) is 0 Å². The summed E-state index contributed by atoms with van der Waals surface area (Å²) in [7, 11) is 1.48. The largest absolute Gasteiger partial charge is 0.472 e. The molecule has 9 nitrogen and oxygen atoms in total. The predicted molar refractivity (Wildman–Crippen MR) is 294 cm³/mol. The number of carbonyl (C=O) groups is 2. The smallest absolute Gasteiger partial charge is 0.462 e. The number of phosphoric ester groups is 1. The van der Waals surface area contributed by atoms with E-state index in [4.69, 9.17) is 18.5 Å². The quantitative estimate of drug-likeness (QED) is 0.0211. The van der Waals surface area contributed by atoms with Gasteiger partial charge in [-0.3, -0.25) is 18.6 Å². The number of ether oxygens (including phenoxy) is 2. The summed E-state index contributed by atoms with van der Waals surface area (Å²) in [5.41, 5.74) is 0. The molecule has 0 saturated heterocycles. The number of likely N-dealkylation sites (N-methyl/N-ethyl adjacent to an activating group) is 1. The minimum atomic E-state index is -4.39. The average Bonchev–Trinajstić information content (AvgIpc) is 3.31. The highest BCUT2D eigenvalue weighted by Gasteiger charge is 2.27. The monoisotopic (exact) mass is 999 g/mol. The van der Waals surface area contributed by atoms with Crippen LogP contribution in [0, 0.1) is 0 Å². The molecule has 0 aromatic rings. The Labute approximate surface area is 428 Å². The number of esters is 2. The topological polar surface area (TPSA) is 108 Å². The van der Waals surface area contributed by atoms with Crippen molar-refractivity contribution in [2.75, 3.05) is 47.5 Å². The van der Waals surface area contributed by atoms with Crippen LogP contribution in [0.4, 0.5) is 0 Å². The molecule has 10 heteroatoms. The summed E-state index contributed by atoms with van der Waals surface area (Å²) in [6.45, 7) is 4.47. The van der Waals surface area contributed by atoms with Crippen LogP contribution in [0.15, 0.2) is 12.2 Å². The fourth-order valence-electron chi connectivity index (χ4n) is 8.91. The summed E-state index contributed by atoms with van der Waals surface area (Å²) in [6, 6.07) is 0. The van der Waals surface area contributed by atoms with Crippen molar-refractivity contribution in [3.8, 4) is 0 Å². The summed E-state index contributed by atoms with van der Waals surface area (Å²) in [5.74, 6) is -0.814. The van der Waals surface area contributed by atoms with Crippen LogP contribution in [-0.4, -0.2) is 74.9 Å². The molecule has 69 heavy (non-hydrogen) atoms. The summed E-state index contributed by atoms with van der Waals surface area (Å²) in [6.07, 6.45) is 60.1. The molecule has 0 radical (unpaired) electrons. The molecule has 0 aliphatic carbocycles. The van der Waals surface area contributed by atoms with Crippen molar-refractivity contribution >= 4 is 19.8 Å². The van der Waals surface area contributed by atoms with Gasteiger partial charge in [-0.2, -0.15) is 0 Å². The van der Waals surface area contributed by atoms with Crippen LogP contribution in [0.2, 0.25) is 0 Å². The number of rotatable bonds is 56. The number of carbonyl (C=O) groups excluding carboxylic acids is 2. The van der Waals surface area contributed by atoms with Crippen molar-refractivity contribution in [2.45, 2.75) is 309 Å². The zero-order valence-electron chi connectivity index (χ0n) is 46.6. The van der Waals surface area contributed by atoms with E-state index in [2.05, 4.69) is 26.0 Å². The third-order valence-corrected chi connectivity index (χ3v) is 14.5. The lowest BCUT2D eigenvalue weighted by Crippen LogP contribution is -2.37. The van der Waals surface area contributed by atoms with E-state index in [1.807, 2.05) is 21.1 Å². The minimum absolute atomic E-state index is 0.0320. The number of phosphoric acid groups is 1. The maximum Gasteiger partial charge on any atom is 0.472 e. The molecule has 0 saturated carbocycles. The number of allylic oxidation sites excluding steroid dienone is 2. The normalized spacial score (nSPS) is 13.3. The second-order valence-electron chi connectivity index (χ2n) is 21.7. The molecule has 410 valence electrons. The van der Waals surface area contributed by atoms with E-state index < -0.39 is 26.5 Å². The molecular weight excluding hydrogens is 882 g/mol. The van der Waals surface area contributed by atoms with Gasteiger partial charge in [0.15, 0.2) is 6.10 Å². The van der Waals surface area contributed by atoms with E-state index >= 15 is 0 Å². The molecule has 2 atom stereocenters. The first-order valence-corrected chi connectivity index (χ1v) is 31.4. The maximum absolute atomic E-state index is 12.8. The standard InChI is InChI=1S/C59H116NO8P/c1-6-8-10-12-14-16-18-20-22-24-26-28-30-32-33-35-37-39-41-43-45-47-49-51-58(61)65-55-57(56-67-69(63,64)66-54-53-60(3,4)5)68-59(62)52-50-48-46-44-42-40-38-36-34-31-29-27-25-23-21-19-17-15-13-11-9-7-2/h43,45,57H,6-42,44,46-56H2,1-5H3/p+1/b45-43+/t57-/m1/s1. The summed E-state index contributed by atoms with van der Waals surface area (Å²) >= 11 is 0. The van der Waals surface area contributed by atoms with Crippen molar-refractivity contribution < 1.29 is 42.1 Å². The van der Waals surface area contributed by atoms with Gasteiger partial charge in [0.1, 0.15) is 19.8 Å². The van der Waals surface area contributed by atoms with Crippen LogP contribution < -0.4 is 0 Å². The van der Waals surface area contributed by atoms with Crippen molar-refractivity contribution in [1.29, 1.82) is 0 Å². The second kappa shape index (κ2) is 51.6. The maximum atomic E-state index is 12.8. The van der Waals surface area contributed by atoms with Crippen LogP contribution >= 0.6 is 7.82 Å². The van der Waals surface area contributed by atoms with E-state index in [0.717, 1.165) is 25.7 Å². The molecule has 0 aliphatic heterocycles. The van der Waals surface area contributed by atoms with E-state index in [0.29, 0.717) is 23.9 Å². The molecule has 0 aromatic carbocycles. The highest BCUT2D eigenvalue weighted by Crippen LogP contribution is 2.43. The Morgan fingerprint density at radius 1 is 0.435 bits per heavy atom. The van der Waals surface area contributed by atoms with Crippen LogP contribution in [0.25, 0.3) is 0 Å². The summed E-state index contributed by atoms with van der Waals surface area (Å²) in [4.78, 5) is 35.7.